The zero-order chi connectivity index (χ0) is 22.3. The topological polar surface area (TPSA) is 30.9 Å². The number of likely N-dealkylation sites (tertiary alicyclic amines) is 1. The molecule has 0 aromatic heterocycles. The summed E-state index contributed by atoms with van der Waals surface area (Å²) >= 11 is 0. The third-order valence-corrected chi connectivity index (χ3v) is 6.07. The third-order valence-electron chi connectivity index (χ3n) is 6.07. The molecule has 4 nitrogen and oxygen atoms in total. The summed E-state index contributed by atoms with van der Waals surface area (Å²) in [4.78, 5) is 2.33. The van der Waals surface area contributed by atoms with E-state index in [1.807, 2.05) is 60.7 Å². The molecule has 0 amide bonds. The Morgan fingerprint density at radius 3 is 2.47 bits per heavy atom. The van der Waals surface area contributed by atoms with Crippen molar-refractivity contribution in [3.63, 3.8) is 0 Å². The molecule has 3 aromatic carbocycles. The van der Waals surface area contributed by atoms with E-state index in [2.05, 4.69) is 11.9 Å². The zero-order valence-corrected chi connectivity index (χ0v) is 18.7. The standard InChI is InChI=1S/C27H30FNO3/c1-29-15-14-25(21-8-10-23(28)11-9-21)22(17-29)19-31-24-12-13-26(27(16-24)30-2)32-18-20-6-4-3-5-7-20/h3-13,16,22,25H,14-15,17-19H2,1-2H3. The summed E-state index contributed by atoms with van der Waals surface area (Å²) in [6.45, 7) is 3.03. The zero-order valence-electron chi connectivity index (χ0n) is 18.7. The Kier molecular flexibility index (Phi) is 7.28. The normalized spacial score (nSPS) is 18.8. The van der Waals surface area contributed by atoms with Gasteiger partial charge >= 0.3 is 0 Å². The van der Waals surface area contributed by atoms with Crippen molar-refractivity contribution < 1.29 is 18.6 Å². The van der Waals surface area contributed by atoms with E-state index in [1.54, 1.807) is 19.2 Å². The Labute approximate surface area is 189 Å². The van der Waals surface area contributed by atoms with Crippen LogP contribution in [0.1, 0.15) is 23.5 Å². The highest BCUT2D eigenvalue weighted by molar-refractivity contribution is 5.45. The molecule has 1 saturated heterocycles. The van der Waals surface area contributed by atoms with Crippen LogP contribution < -0.4 is 14.2 Å². The second-order valence-corrected chi connectivity index (χ2v) is 8.37. The van der Waals surface area contributed by atoms with Gasteiger partial charge in [-0.2, -0.15) is 0 Å². The molecule has 1 aliphatic heterocycles. The van der Waals surface area contributed by atoms with Gasteiger partial charge in [-0.15, -0.1) is 0 Å². The van der Waals surface area contributed by atoms with Crippen LogP contribution in [-0.2, 0) is 6.61 Å². The second-order valence-electron chi connectivity index (χ2n) is 8.37. The number of methoxy groups -OCH3 is 1. The lowest BCUT2D eigenvalue weighted by Gasteiger charge is -2.37. The molecule has 0 aliphatic carbocycles. The van der Waals surface area contributed by atoms with Crippen molar-refractivity contribution in [3.05, 3.63) is 89.7 Å². The molecule has 4 rings (SSSR count). The fourth-order valence-electron chi connectivity index (χ4n) is 4.33. The average molecular weight is 436 g/mol. The molecule has 1 heterocycles. The molecule has 3 aromatic rings. The van der Waals surface area contributed by atoms with Crippen LogP contribution in [0, 0.1) is 11.7 Å². The second kappa shape index (κ2) is 10.5. The van der Waals surface area contributed by atoms with Gasteiger partial charge in [0.25, 0.3) is 0 Å². The third kappa shape index (κ3) is 5.60. The molecule has 0 N–H and O–H groups in total. The lowest BCUT2D eigenvalue weighted by Crippen LogP contribution is -2.39. The Morgan fingerprint density at radius 2 is 1.72 bits per heavy atom. The predicted octanol–water partition coefficient (Wildman–Crippen LogP) is 5.53. The van der Waals surface area contributed by atoms with E-state index >= 15 is 0 Å². The van der Waals surface area contributed by atoms with Crippen molar-refractivity contribution in [2.75, 3.05) is 33.9 Å². The number of hydrogen-bond acceptors (Lipinski definition) is 4. The predicted molar refractivity (Wildman–Crippen MR) is 124 cm³/mol. The SMILES string of the molecule is COc1cc(OCC2CN(C)CCC2c2ccc(F)cc2)ccc1OCc1ccccc1. The summed E-state index contributed by atoms with van der Waals surface area (Å²) in [6, 6.07) is 22.6. The molecule has 0 spiro atoms. The summed E-state index contributed by atoms with van der Waals surface area (Å²) in [6.07, 6.45) is 1.03. The summed E-state index contributed by atoms with van der Waals surface area (Å²) in [5.74, 6) is 2.55. The van der Waals surface area contributed by atoms with Crippen LogP contribution in [0.3, 0.4) is 0 Å². The molecule has 0 radical (unpaired) electrons. The molecule has 1 aliphatic rings. The lowest BCUT2D eigenvalue weighted by atomic mass is 9.81. The Morgan fingerprint density at radius 1 is 0.938 bits per heavy atom. The molecule has 32 heavy (non-hydrogen) atoms. The van der Waals surface area contributed by atoms with Gasteiger partial charge in [-0.25, -0.2) is 4.39 Å². The first-order chi connectivity index (χ1) is 15.6. The minimum Gasteiger partial charge on any atom is -0.493 e. The number of halogens is 1. The average Bonchev–Trinajstić information content (AvgIpc) is 2.83. The molecular formula is C27H30FNO3. The van der Waals surface area contributed by atoms with Gasteiger partial charge in [0.1, 0.15) is 18.2 Å². The van der Waals surface area contributed by atoms with Gasteiger partial charge < -0.3 is 19.1 Å². The van der Waals surface area contributed by atoms with E-state index in [-0.39, 0.29) is 5.82 Å². The van der Waals surface area contributed by atoms with Crippen LogP contribution in [0.5, 0.6) is 17.2 Å². The Hall–Kier alpha value is -3.05. The summed E-state index contributed by atoms with van der Waals surface area (Å²) < 4.78 is 31.1. The van der Waals surface area contributed by atoms with Crippen molar-refractivity contribution in [1.29, 1.82) is 0 Å². The molecule has 0 saturated carbocycles. The molecule has 1 fully saturated rings. The fourth-order valence-corrected chi connectivity index (χ4v) is 4.33. The maximum absolute atomic E-state index is 13.4. The van der Waals surface area contributed by atoms with Gasteiger partial charge in [-0.1, -0.05) is 42.5 Å². The van der Waals surface area contributed by atoms with Gasteiger partial charge in [0.2, 0.25) is 0 Å². The minimum atomic E-state index is -0.198. The van der Waals surface area contributed by atoms with Crippen LogP contribution in [0.25, 0.3) is 0 Å². The molecule has 2 unspecified atom stereocenters. The number of benzene rings is 3. The number of ether oxygens (including phenoxy) is 3. The molecular weight excluding hydrogens is 405 g/mol. The summed E-state index contributed by atoms with van der Waals surface area (Å²) in [5.41, 5.74) is 2.28. The largest absolute Gasteiger partial charge is 0.493 e. The van der Waals surface area contributed by atoms with Crippen molar-refractivity contribution in [1.82, 2.24) is 4.90 Å². The van der Waals surface area contributed by atoms with Gasteiger partial charge in [-0.3, -0.25) is 0 Å². The van der Waals surface area contributed by atoms with Gasteiger partial charge in [0.05, 0.1) is 13.7 Å². The maximum atomic E-state index is 13.4. The van der Waals surface area contributed by atoms with E-state index in [4.69, 9.17) is 14.2 Å². The lowest BCUT2D eigenvalue weighted by molar-refractivity contribution is 0.129. The van der Waals surface area contributed by atoms with Crippen molar-refractivity contribution in [2.45, 2.75) is 18.9 Å². The molecule has 168 valence electrons. The number of rotatable bonds is 8. The molecule has 5 heteroatoms. The van der Waals surface area contributed by atoms with Crippen LogP contribution in [0.2, 0.25) is 0 Å². The monoisotopic (exact) mass is 435 g/mol. The Bertz CT molecular complexity index is 994. The smallest absolute Gasteiger partial charge is 0.164 e. The van der Waals surface area contributed by atoms with E-state index < -0.39 is 0 Å². The van der Waals surface area contributed by atoms with Gasteiger partial charge in [0, 0.05) is 18.5 Å². The number of hydrogen-bond donors (Lipinski definition) is 0. The highest BCUT2D eigenvalue weighted by atomic mass is 19.1. The summed E-state index contributed by atoms with van der Waals surface area (Å²) in [5, 5.41) is 0. The van der Waals surface area contributed by atoms with E-state index in [9.17, 15) is 4.39 Å². The van der Waals surface area contributed by atoms with E-state index in [1.165, 1.54) is 5.56 Å². The molecule has 2 atom stereocenters. The Balaban J connectivity index is 1.41. The number of nitrogens with zero attached hydrogens (tertiary/aromatic N) is 1. The van der Waals surface area contributed by atoms with Crippen LogP contribution in [-0.4, -0.2) is 38.8 Å². The first-order valence-corrected chi connectivity index (χ1v) is 11.0. The van der Waals surface area contributed by atoms with Crippen molar-refractivity contribution >= 4 is 0 Å². The number of piperidine rings is 1. The quantitative estimate of drug-likeness (QED) is 0.466. The minimum absolute atomic E-state index is 0.198. The maximum Gasteiger partial charge on any atom is 0.164 e. The fraction of sp³-hybridized carbons (Fsp3) is 0.333. The first-order valence-electron chi connectivity index (χ1n) is 11.0. The van der Waals surface area contributed by atoms with Crippen molar-refractivity contribution in [3.8, 4) is 17.2 Å². The molecule has 0 bridgehead atoms. The van der Waals surface area contributed by atoms with Crippen molar-refractivity contribution in [2.24, 2.45) is 5.92 Å². The van der Waals surface area contributed by atoms with Gasteiger partial charge in [-0.05, 0) is 61.3 Å². The van der Waals surface area contributed by atoms with Crippen LogP contribution in [0.4, 0.5) is 4.39 Å². The highest BCUT2D eigenvalue weighted by Gasteiger charge is 2.29. The summed E-state index contributed by atoms with van der Waals surface area (Å²) in [7, 11) is 3.77. The van der Waals surface area contributed by atoms with E-state index in [0.29, 0.717) is 36.5 Å². The van der Waals surface area contributed by atoms with Crippen LogP contribution >= 0.6 is 0 Å². The van der Waals surface area contributed by atoms with Gasteiger partial charge in [0.15, 0.2) is 11.5 Å². The van der Waals surface area contributed by atoms with E-state index in [0.717, 1.165) is 30.8 Å². The first kappa shape index (κ1) is 22.2. The van der Waals surface area contributed by atoms with Crippen LogP contribution in [0.15, 0.2) is 72.8 Å². The highest BCUT2D eigenvalue weighted by Crippen LogP contribution is 2.35.